The molecule has 1 aliphatic carbocycles. The first-order valence-electron chi connectivity index (χ1n) is 15.5. The van der Waals surface area contributed by atoms with Crippen molar-refractivity contribution in [3.8, 4) is 11.5 Å². The first-order valence-corrected chi connectivity index (χ1v) is 15.9. The molecule has 0 saturated carbocycles. The Kier molecular flexibility index (Phi) is 8.89. The van der Waals surface area contributed by atoms with Crippen LogP contribution in [0.3, 0.4) is 0 Å². The Balaban J connectivity index is 1.21. The molecule has 236 valence electrons. The third kappa shape index (κ3) is 6.72. The van der Waals surface area contributed by atoms with Gasteiger partial charge in [0.25, 0.3) is 0 Å². The van der Waals surface area contributed by atoms with Gasteiger partial charge >= 0.3 is 5.97 Å². The summed E-state index contributed by atoms with van der Waals surface area (Å²) in [6, 6.07) is 16.5. The van der Waals surface area contributed by atoms with Crippen LogP contribution in [0.15, 0.2) is 66.4 Å². The maximum absolute atomic E-state index is 15.0. The molecule has 2 heterocycles. The Labute approximate surface area is 267 Å². The second-order valence-electron chi connectivity index (χ2n) is 12.6. The maximum atomic E-state index is 15.0. The zero-order valence-corrected chi connectivity index (χ0v) is 26.6. The van der Waals surface area contributed by atoms with Crippen LogP contribution in [0.2, 0.25) is 5.02 Å². The Morgan fingerprint density at radius 2 is 1.73 bits per heavy atom. The molecule has 0 amide bonds. The van der Waals surface area contributed by atoms with Crippen molar-refractivity contribution in [3.05, 3.63) is 94.2 Å². The fraction of sp³-hybridized carbons (Fsp3) is 0.361. The molecule has 1 aliphatic heterocycles. The van der Waals surface area contributed by atoms with Gasteiger partial charge in [0, 0.05) is 61.1 Å². The normalized spacial score (nSPS) is 17.2. The van der Waals surface area contributed by atoms with Crippen molar-refractivity contribution in [1.29, 1.82) is 0 Å². The van der Waals surface area contributed by atoms with Gasteiger partial charge in [0.15, 0.2) is 11.6 Å². The summed E-state index contributed by atoms with van der Waals surface area (Å²) in [4.78, 5) is 20.2. The second kappa shape index (κ2) is 12.9. The predicted molar refractivity (Wildman–Crippen MR) is 175 cm³/mol. The van der Waals surface area contributed by atoms with Crippen LogP contribution in [0.1, 0.15) is 56.0 Å². The van der Waals surface area contributed by atoms with Gasteiger partial charge in [-0.25, -0.2) is 9.18 Å². The molecule has 6 nitrogen and oxygen atoms in total. The number of esters is 1. The molecule has 1 fully saturated rings. The molecular weight excluding hydrogens is 596 g/mol. The lowest BCUT2D eigenvalue weighted by molar-refractivity contribution is 0.0523. The first-order chi connectivity index (χ1) is 21.6. The third-order valence-electron chi connectivity index (χ3n) is 8.91. The Hall–Kier alpha value is -3.88. The van der Waals surface area contributed by atoms with E-state index in [1.807, 2.05) is 18.2 Å². The summed E-state index contributed by atoms with van der Waals surface area (Å²) >= 11 is 6.19. The zero-order valence-electron chi connectivity index (χ0n) is 25.9. The monoisotopic (exact) mass is 633 g/mol. The molecule has 1 N–H and O–H groups in total. The number of hydrogen-bond acceptors (Lipinski definition) is 5. The summed E-state index contributed by atoms with van der Waals surface area (Å²) in [5, 5.41) is 1.21. The first kappa shape index (κ1) is 31.1. The number of nitrogens with one attached hydrogen (secondary N) is 1. The number of anilines is 1. The van der Waals surface area contributed by atoms with Crippen molar-refractivity contribution in [2.45, 2.75) is 40.0 Å². The Bertz CT molecular complexity index is 1740. The molecule has 1 aromatic heterocycles. The zero-order chi connectivity index (χ0) is 31.7. The van der Waals surface area contributed by atoms with Gasteiger partial charge in [0.1, 0.15) is 11.3 Å². The van der Waals surface area contributed by atoms with Crippen LogP contribution < -0.4 is 9.64 Å². The van der Waals surface area contributed by atoms with Crippen LogP contribution in [0.25, 0.3) is 16.5 Å². The molecule has 45 heavy (non-hydrogen) atoms. The summed E-state index contributed by atoms with van der Waals surface area (Å²) in [5.41, 5.74) is 5.48. The SMILES string of the molecule is CCOC(=O)c1ccc(N2CCN(CC3=C(c4ccc(Cl)cc4)CC(C)(C)CC3)CC2)cc1Oc1cc2cc[nH]c2c(F)c1F. The number of allylic oxidation sites excluding steroid dienone is 1. The summed E-state index contributed by atoms with van der Waals surface area (Å²) in [7, 11) is 0. The molecule has 1 saturated heterocycles. The number of nitrogens with zero attached hydrogens (tertiary/aromatic N) is 2. The number of aromatic amines is 1. The molecule has 0 atom stereocenters. The number of benzene rings is 3. The van der Waals surface area contributed by atoms with Gasteiger partial charge < -0.3 is 19.4 Å². The van der Waals surface area contributed by atoms with Crippen molar-refractivity contribution >= 4 is 39.7 Å². The van der Waals surface area contributed by atoms with E-state index in [1.165, 1.54) is 29.0 Å². The molecule has 6 rings (SSSR count). The number of H-pyrrole nitrogens is 1. The van der Waals surface area contributed by atoms with Crippen LogP contribution in [-0.2, 0) is 4.74 Å². The largest absolute Gasteiger partial charge is 0.462 e. The lowest BCUT2D eigenvalue weighted by Crippen LogP contribution is -2.47. The lowest BCUT2D eigenvalue weighted by Gasteiger charge is -2.39. The van der Waals surface area contributed by atoms with Crippen LogP contribution in [0, 0.1) is 17.0 Å². The number of hydrogen-bond donors (Lipinski definition) is 1. The van der Waals surface area contributed by atoms with E-state index in [2.05, 4.69) is 40.8 Å². The van der Waals surface area contributed by atoms with E-state index >= 15 is 4.39 Å². The highest BCUT2D eigenvalue weighted by Crippen LogP contribution is 2.43. The number of ether oxygens (including phenoxy) is 2. The van der Waals surface area contributed by atoms with E-state index in [0.717, 1.165) is 62.7 Å². The average molecular weight is 634 g/mol. The predicted octanol–water partition coefficient (Wildman–Crippen LogP) is 8.85. The molecule has 0 bridgehead atoms. The minimum atomic E-state index is -1.13. The molecular formula is C36H38ClF2N3O3. The van der Waals surface area contributed by atoms with Crippen molar-refractivity contribution in [1.82, 2.24) is 9.88 Å². The number of halogens is 3. The number of fused-ring (bicyclic) bond motifs is 1. The minimum Gasteiger partial charge on any atom is -0.462 e. The van der Waals surface area contributed by atoms with Crippen LogP contribution in [0.5, 0.6) is 11.5 Å². The summed E-state index contributed by atoms with van der Waals surface area (Å²) in [6.07, 6.45) is 4.82. The molecule has 0 spiro atoms. The number of carbonyl (C=O) groups is 1. The molecule has 4 aromatic rings. The van der Waals surface area contributed by atoms with Gasteiger partial charge in [-0.1, -0.05) is 43.2 Å². The van der Waals surface area contributed by atoms with Crippen LogP contribution >= 0.6 is 11.6 Å². The van der Waals surface area contributed by atoms with E-state index < -0.39 is 17.6 Å². The second-order valence-corrected chi connectivity index (χ2v) is 13.1. The number of rotatable bonds is 8. The highest BCUT2D eigenvalue weighted by molar-refractivity contribution is 6.30. The van der Waals surface area contributed by atoms with Crippen LogP contribution in [0.4, 0.5) is 14.5 Å². The lowest BCUT2D eigenvalue weighted by atomic mass is 9.72. The Morgan fingerprint density at radius 1 is 0.978 bits per heavy atom. The minimum absolute atomic E-state index is 0.0603. The number of aromatic nitrogens is 1. The van der Waals surface area contributed by atoms with E-state index in [-0.39, 0.29) is 34.6 Å². The third-order valence-corrected chi connectivity index (χ3v) is 9.16. The fourth-order valence-electron chi connectivity index (χ4n) is 6.37. The fourth-order valence-corrected chi connectivity index (χ4v) is 6.50. The smallest absolute Gasteiger partial charge is 0.341 e. The van der Waals surface area contributed by atoms with E-state index in [9.17, 15) is 9.18 Å². The van der Waals surface area contributed by atoms with Crippen molar-refractivity contribution in [2.24, 2.45) is 5.41 Å². The number of carbonyl (C=O) groups excluding carboxylic acids is 1. The van der Waals surface area contributed by atoms with E-state index in [0.29, 0.717) is 5.39 Å². The topological polar surface area (TPSA) is 57.8 Å². The molecule has 9 heteroatoms. The summed E-state index contributed by atoms with van der Waals surface area (Å²) in [6.45, 7) is 10.8. The maximum Gasteiger partial charge on any atom is 0.341 e. The van der Waals surface area contributed by atoms with Gasteiger partial charge in [-0.2, -0.15) is 4.39 Å². The quantitative estimate of drug-likeness (QED) is 0.196. The van der Waals surface area contributed by atoms with Gasteiger partial charge in [-0.05, 0) is 79.1 Å². The van der Waals surface area contributed by atoms with Gasteiger partial charge in [0.2, 0.25) is 5.82 Å². The van der Waals surface area contributed by atoms with Gasteiger partial charge in [-0.15, -0.1) is 0 Å². The molecule has 0 unspecified atom stereocenters. The molecule has 2 aliphatic rings. The van der Waals surface area contributed by atoms with E-state index in [1.54, 1.807) is 25.1 Å². The van der Waals surface area contributed by atoms with Crippen LogP contribution in [-0.4, -0.2) is 55.2 Å². The standard InChI is InChI=1S/C36H38ClF2N3O3/c1-4-44-35(43)28-10-9-27(20-30(28)45-31-19-24-12-14-40-34(24)33(39)32(31)38)42-17-15-41(16-18-42)22-25-11-13-36(2,3)21-29(25)23-5-7-26(37)8-6-23/h5-10,12,14,19-20,40H,4,11,13,15-18,21-22H2,1-3H3. The molecule has 3 aromatic carbocycles. The van der Waals surface area contributed by atoms with Crippen molar-refractivity contribution < 1.29 is 23.0 Å². The van der Waals surface area contributed by atoms with Gasteiger partial charge in [-0.3, -0.25) is 4.90 Å². The highest BCUT2D eigenvalue weighted by Gasteiger charge is 2.30. The van der Waals surface area contributed by atoms with E-state index in [4.69, 9.17) is 21.1 Å². The number of piperazine rings is 1. The van der Waals surface area contributed by atoms with Crippen molar-refractivity contribution in [3.63, 3.8) is 0 Å². The summed E-state index contributed by atoms with van der Waals surface area (Å²) in [5.74, 6) is -2.94. The average Bonchev–Trinajstić information content (AvgIpc) is 3.50. The Morgan fingerprint density at radius 3 is 2.47 bits per heavy atom. The van der Waals surface area contributed by atoms with Gasteiger partial charge in [0.05, 0.1) is 12.1 Å². The highest BCUT2D eigenvalue weighted by atomic mass is 35.5. The molecule has 0 radical (unpaired) electrons. The van der Waals surface area contributed by atoms with Crippen molar-refractivity contribution in [2.75, 3.05) is 44.2 Å². The summed E-state index contributed by atoms with van der Waals surface area (Å²) < 4.78 is 40.9.